The van der Waals surface area contributed by atoms with Crippen molar-refractivity contribution in [3.8, 4) is 11.8 Å². The Bertz CT molecular complexity index is 581. The van der Waals surface area contributed by atoms with Crippen LogP contribution in [0.15, 0.2) is 11.4 Å². The van der Waals surface area contributed by atoms with Gasteiger partial charge in [-0.1, -0.05) is 11.8 Å². The zero-order valence-electron chi connectivity index (χ0n) is 10.8. The van der Waals surface area contributed by atoms with E-state index in [9.17, 15) is 8.42 Å². The summed E-state index contributed by atoms with van der Waals surface area (Å²) in [5, 5.41) is 2.02. The maximum absolute atomic E-state index is 11.6. The first-order chi connectivity index (χ1) is 9.11. The Morgan fingerprint density at radius 1 is 1.37 bits per heavy atom. The molecule has 1 fully saturated rings. The van der Waals surface area contributed by atoms with Crippen molar-refractivity contribution in [3.05, 3.63) is 21.9 Å². The topological polar surface area (TPSA) is 63.4 Å². The third kappa shape index (κ3) is 4.32. The summed E-state index contributed by atoms with van der Waals surface area (Å²) in [5.41, 5.74) is 6.40. The highest BCUT2D eigenvalue weighted by Crippen LogP contribution is 2.19. The van der Waals surface area contributed by atoms with Crippen LogP contribution in [0.2, 0.25) is 0 Å². The van der Waals surface area contributed by atoms with Crippen molar-refractivity contribution >= 4 is 21.2 Å². The summed E-state index contributed by atoms with van der Waals surface area (Å²) in [6.45, 7) is 2.59. The van der Waals surface area contributed by atoms with Gasteiger partial charge < -0.3 is 5.73 Å². The van der Waals surface area contributed by atoms with Gasteiger partial charge in [-0.15, -0.1) is 11.3 Å². The molecule has 0 radical (unpaired) electrons. The van der Waals surface area contributed by atoms with Crippen LogP contribution in [0.25, 0.3) is 0 Å². The van der Waals surface area contributed by atoms with Crippen molar-refractivity contribution < 1.29 is 8.42 Å². The maximum atomic E-state index is 11.6. The van der Waals surface area contributed by atoms with E-state index in [1.807, 2.05) is 11.4 Å². The summed E-state index contributed by atoms with van der Waals surface area (Å²) in [5.74, 6) is 6.51. The van der Waals surface area contributed by atoms with Crippen molar-refractivity contribution in [1.82, 2.24) is 4.90 Å². The molecule has 0 amide bonds. The number of thiophene rings is 1. The first-order valence-electron chi connectivity index (χ1n) is 6.29. The molecule has 1 aromatic rings. The number of rotatable bonds is 2. The van der Waals surface area contributed by atoms with E-state index in [1.165, 1.54) is 4.88 Å². The van der Waals surface area contributed by atoms with Crippen LogP contribution >= 0.6 is 11.3 Å². The minimum absolute atomic E-state index is 0.266. The molecule has 1 aliphatic heterocycles. The quantitative estimate of drug-likeness (QED) is 0.816. The Morgan fingerprint density at radius 2 is 2.21 bits per heavy atom. The predicted octanol–water partition coefficient (Wildman–Crippen LogP) is 0.679. The van der Waals surface area contributed by atoms with Gasteiger partial charge in [0.05, 0.1) is 18.1 Å². The minimum Gasteiger partial charge on any atom is -0.320 e. The summed E-state index contributed by atoms with van der Waals surface area (Å²) in [6.07, 6.45) is 0.720. The van der Waals surface area contributed by atoms with E-state index < -0.39 is 9.84 Å². The fourth-order valence-electron chi connectivity index (χ4n) is 2.07. The second-order valence-corrected chi connectivity index (χ2v) is 7.85. The van der Waals surface area contributed by atoms with Crippen LogP contribution in [0.1, 0.15) is 16.9 Å². The SMILES string of the molecule is NCC#Cc1ccsc1CN1CCCS(=O)(=O)CC1. The van der Waals surface area contributed by atoms with Crippen molar-refractivity contribution in [1.29, 1.82) is 0 Å². The standard InChI is InChI=1S/C13H18N2O2S2/c14-5-1-3-12-4-8-18-13(12)11-15-6-2-9-19(16,17)10-7-15/h4,8H,2,5-7,9-11,14H2. The molecule has 6 heteroatoms. The Balaban J connectivity index is 2.03. The summed E-state index contributed by atoms with van der Waals surface area (Å²) in [4.78, 5) is 3.39. The van der Waals surface area contributed by atoms with Crippen molar-refractivity contribution in [2.45, 2.75) is 13.0 Å². The lowest BCUT2D eigenvalue weighted by atomic mass is 10.2. The molecule has 2 heterocycles. The molecule has 1 aliphatic rings. The molecule has 0 bridgehead atoms. The van der Waals surface area contributed by atoms with Gasteiger partial charge in [0.1, 0.15) is 0 Å². The normalized spacial score (nSPS) is 19.4. The zero-order valence-corrected chi connectivity index (χ0v) is 12.4. The van der Waals surface area contributed by atoms with Gasteiger partial charge >= 0.3 is 0 Å². The second-order valence-electron chi connectivity index (χ2n) is 4.54. The molecule has 0 saturated carbocycles. The first-order valence-corrected chi connectivity index (χ1v) is 8.99. The molecule has 2 rings (SSSR count). The first kappa shape index (κ1) is 14.5. The Morgan fingerprint density at radius 3 is 3.00 bits per heavy atom. The van der Waals surface area contributed by atoms with E-state index in [0.29, 0.717) is 18.8 Å². The molecule has 0 atom stereocenters. The van der Waals surface area contributed by atoms with Gasteiger partial charge in [-0.05, 0) is 24.4 Å². The van der Waals surface area contributed by atoms with E-state index in [4.69, 9.17) is 5.73 Å². The highest BCUT2D eigenvalue weighted by Gasteiger charge is 2.19. The van der Waals surface area contributed by atoms with Gasteiger partial charge in [0, 0.05) is 23.5 Å². The van der Waals surface area contributed by atoms with Crippen LogP contribution in [0.3, 0.4) is 0 Å². The van der Waals surface area contributed by atoms with Crippen LogP contribution in [0, 0.1) is 11.8 Å². The van der Waals surface area contributed by atoms with Gasteiger partial charge in [-0.3, -0.25) is 4.90 Å². The van der Waals surface area contributed by atoms with Gasteiger partial charge in [0.15, 0.2) is 9.84 Å². The summed E-state index contributed by atoms with van der Waals surface area (Å²) < 4.78 is 23.1. The predicted molar refractivity (Wildman–Crippen MR) is 78.8 cm³/mol. The molecule has 1 aromatic heterocycles. The smallest absolute Gasteiger partial charge is 0.151 e. The van der Waals surface area contributed by atoms with E-state index in [0.717, 1.165) is 25.1 Å². The van der Waals surface area contributed by atoms with E-state index >= 15 is 0 Å². The molecule has 0 aliphatic carbocycles. The van der Waals surface area contributed by atoms with Crippen LogP contribution < -0.4 is 5.73 Å². The van der Waals surface area contributed by atoms with Crippen molar-refractivity contribution in [2.24, 2.45) is 5.73 Å². The fourth-order valence-corrected chi connectivity index (χ4v) is 4.25. The number of sulfone groups is 1. The molecule has 0 aromatic carbocycles. The van der Waals surface area contributed by atoms with E-state index in [2.05, 4.69) is 16.7 Å². The lowest BCUT2D eigenvalue weighted by Crippen LogP contribution is -2.26. The highest BCUT2D eigenvalue weighted by molar-refractivity contribution is 7.91. The van der Waals surface area contributed by atoms with Gasteiger partial charge in [-0.25, -0.2) is 8.42 Å². The summed E-state index contributed by atoms with van der Waals surface area (Å²) >= 11 is 1.67. The third-order valence-corrected chi connectivity index (χ3v) is 5.71. The molecule has 4 nitrogen and oxygen atoms in total. The molecule has 2 N–H and O–H groups in total. The van der Waals surface area contributed by atoms with Crippen molar-refractivity contribution in [2.75, 3.05) is 31.1 Å². The molecular formula is C13H18N2O2S2. The monoisotopic (exact) mass is 298 g/mol. The molecular weight excluding hydrogens is 280 g/mol. The van der Waals surface area contributed by atoms with Gasteiger partial charge in [-0.2, -0.15) is 0 Å². The average molecular weight is 298 g/mol. The Hall–Kier alpha value is -0.870. The lowest BCUT2D eigenvalue weighted by molar-refractivity contribution is 0.289. The van der Waals surface area contributed by atoms with E-state index in [-0.39, 0.29) is 5.75 Å². The molecule has 0 spiro atoms. The number of hydrogen-bond acceptors (Lipinski definition) is 5. The van der Waals surface area contributed by atoms with E-state index in [1.54, 1.807) is 11.3 Å². The minimum atomic E-state index is -2.84. The summed E-state index contributed by atoms with van der Waals surface area (Å²) in [6, 6.07) is 2.00. The van der Waals surface area contributed by atoms with Crippen LogP contribution in [0.4, 0.5) is 0 Å². The van der Waals surface area contributed by atoms with Crippen LogP contribution in [-0.4, -0.2) is 44.5 Å². The largest absolute Gasteiger partial charge is 0.320 e. The summed E-state index contributed by atoms with van der Waals surface area (Å²) in [7, 11) is -2.84. The number of nitrogens with zero attached hydrogens (tertiary/aromatic N) is 1. The van der Waals surface area contributed by atoms with Gasteiger partial charge in [0.2, 0.25) is 0 Å². The molecule has 104 valence electrons. The number of hydrogen-bond donors (Lipinski definition) is 1. The number of nitrogens with two attached hydrogens (primary N) is 1. The molecule has 1 saturated heterocycles. The maximum Gasteiger partial charge on any atom is 0.151 e. The van der Waals surface area contributed by atoms with Crippen LogP contribution in [0.5, 0.6) is 0 Å². The van der Waals surface area contributed by atoms with Crippen molar-refractivity contribution in [3.63, 3.8) is 0 Å². The molecule has 0 unspecified atom stereocenters. The molecule has 19 heavy (non-hydrogen) atoms. The average Bonchev–Trinajstić information content (AvgIpc) is 2.72. The lowest BCUT2D eigenvalue weighted by Gasteiger charge is -2.18. The second kappa shape index (κ2) is 6.53. The van der Waals surface area contributed by atoms with Crippen LogP contribution in [-0.2, 0) is 16.4 Å². The third-order valence-electron chi connectivity index (χ3n) is 3.09. The fraction of sp³-hybridized carbons (Fsp3) is 0.538. The highest BCUT2D eigenvalue weighted by atomic mass is 32.2. The zero-order chi connectivity index (χ0) is 13.7. The van der Waals surface area contributed by atoms with Gasteiger partial charge in [0.25, 0.3) is 0 Å². The Labute approximate surface area is 118 Å². The Kier molecular flexibility index (Phi) is 4.99.